The third kappa shape index (κ3) is 1.56. The lowest BCUT2D eigenvalue weighted by Gasteiger charge is -2.10. The summed E-state index contributed by atoms with van der Waals surface area (Å²) in [7, 11) is 1.68. The van der Waals surface area contributed by atoms with Gasteiger partial charge in [-0.15, -0.1) is 11.6 Å². The molecular weight excluding hydrogens is 272 g/mol. The molecule has 0 amide bonds. The van der Waals surface area contributed by atoms with Crippen molar-refractivity contribution < 1.29 is 4.74 Å². The van der Waals surface area contributed by atoms with Gasteiger partial charge in [0, 0.05) is 6.04 Å². The number of para-hydroxylation sites is 1. The number of aromatic nitrogens is 2. The number of halogens is 1. The fourth-order valence-electron chi connectivity index (χ4n) is 3.49. The highest BCUT2D eigenvalue weighted by Gasteiger charge is 2.66. The van der Waals surface area contributed by atoms with Crippen LogP contribution in [0.2, 0.25) is 0 Å². The van der Waals surface area contributed by atoms with Crippen LogP contribution in [0.25, 0.3) is 11.0 Å². The molecule has 0 atom stereocenters. The minimum Gasteiger partial charge on any atom is -0.494 e. The standard InChI is InChI=1S/C16H21ClN2O/c1-15(2)14(16(15,3)4)19-10-7-6-8-11(20-5)13(10)18-12(19)9-17/h6-8,14H,9H2,1-5H3. The van der Waals surface area contributed by atoms with E-state index in [4.69, 9.17) is 21.3 Å². The van der Waals surface area contributed by atoms with E-state index in [-0.39, 0.29) is 10.8 Å². The van der Waals surface area contributed by atoms with E-state index < -0.39 is 0 Å². The van der Waals surface area contributed by atoms with Gasteiger partial charge < -0.3 is 9.30 Å². The summed E-state index contributed by atoms with van der Waals surface area (Å²) in [6.45, 7) is 9.23. The third-order valence-corrected chi connectivity index (χ3v) is 5.54. The molecule has 3 nitrogen and oxygen atoms in total. The minimum atomic E-state index is 0.241. The minimum absolute atomic E-state index is 0.241. The molecule has 1 saturated carbocycles. The van der Waals surface area contributed by atoms with Crippen molar-refractivity contribution in [2.24, 2.45) is 10.8 Å². The van der Waals surface area contributed by atoms with Crippen LogP contribution in [0.1, 0.15) is 39.6 Å². The molecule has 3 rings (SSSR count). The van der Waals surface area contributed by atoms with E-state index in [1.54, 1.807) is 7.11 Å². The normalized spacial score (nSPS) is 20.3. The summed E-state index contributed by atoms with van der Waals surface area (Å²) in [5.74, 6) is 2.15. The Morgan fingerprint density at radius 2 is 1.90 bits per heavy atom. The molecule has 4 heteroatoms. The van der Waals surface area contributed by atoms with Gasteiger partial charge in [0.1, 0.15) is 17.1 Å². The molecule has 1 heterocycles. The second-order valence-electron chi connectivity index (χ2n) is 6.71. The lowest BCUT2D eigenvalue weighted by Crippen LogP contribution is -2.05. The highest BCUT2D eigenvalue weighted by molar-refractivity contribution is 6.17. The lowest BCUT2D eigenvalue weighted by atomic mass is 10.0. The number of methoxy groups -OCH3 is 1. The van der Waals surface area contributed by atoms with Gasteiger partial charge in [-0.3, -0.25) is 0 Å². The van der Waals surface area contributed by atoms with Crippen LogP contribution >= 0.6 is 11.6 Å². The average molecular weight is 293 g/mol. The topological polar surface area (TPSA) is 27.1 Å². The molecule has 1 fully saturated rings. The Kier molecular flexibility index (Phi) is 2.85. The largest absolute Gasteiger partial charge is 0.494 e. The van der Waals surface area contributed by atoms with Gasteiger partial charge in [-0.25, -0.2) is 4.98 Å². The number of hydrogen-bond donors (Lipinski definition) is 0. The highest BCUT2D eigenvalue weighted by Crippen LogP contribution is 2.72. The second-order valence-corrected chi connectivity index (χ2v) is 6.97. The summed E-state index contributed by atoms with van der Waals surface area (Å²) in [5.41, 5.74) is 2.50. The summed E-state index contributed by atoms with van der Waals surface area (Å²) in [4.78, 5) is 4.70. The number of rotatable bonds is 3. The Morgan fingerprint density at radius 3 is 2.40 bits per heavy atom. The van der Waals surface area contributed by atoms with Gasteiger partial charge in [0.15, 0.2) is 0 Å². The molecule has 0 unspecified atom stereocenters. The zero-order valence-electron chi connectivity index (χ0n) is 12.7. The first-order valence-electron chi connectivity index (χ1n) is 6.96. The Morgan fingerprint density at radius 1 is 1.25 bits per heavy atom. The predicted molar refractivity (Wildman–Crippen MR) is 82.4 cm³/mol. The maximum absolute atomic E-state index is 6.13. The molecule has 1 aliphatic carbocycles. The molecule has 0 aliphatic heterocycles. The van der Waals surface area contributed by atoms with Crippen LogP contribution in [0.4, 0.5) is 0 Å². The van der Waals surface area contributed by atoms with E-state index in [9.17, 15) is 0 Å². The van der Waals surface area contributed by atoms with Gasteiger partial charge >= 0.3 is 0 Å². The zero-order chi connectivity index (χ0) is 14.7. The van der Waals surface area contributed by atoms with E-state index in [1.165, 1.54) is 0 Å². The van der Waals surface area contributed by atoms with E-state index in [0.717, 1.165) is 22.6 Å². The lowest BCUT2D eigenvalue weighted by molar-refractivity contribution is 0.419. The van der Waals surface area contributed by atoms with E-state index in [0.29, 0.717) is 11.9 Å². The van der Waals surface area contributed by atoms with Crippen LogP contribution in [0.3, 0.4) is 0 Å². The van der Waals surface area contributed by atoms with Gasteiger partial charge in [-0.05, 0) is 23.0 Å². The molecule has 0 saturated heterocycles. The number of hydrogen-bond acceptors (Lipinski definition) is 2. The molecule has 20 heavy (non-hydrogen) atoms. The van der Waals surface area contributed by atoms with Gasteiger partial charge in [0.25, 0.3) is 0 Å². The van der Waals surface area contributed by atoms with Crippen LogP contribution in [-0.2, 0) is 5.88 Å². The van der Waals surface area contributed by atoms with Crippen LogP contribution in [-0.4, -0.2) is 16.7 Å². The Bertz CT molecular complexity index is 658. The molecule has 1 aromatic carbocycles. The van der Waals surface area contributed by atoms with Crippen molar-refractivity contribution in [1.29, 1.82) is 0 Å². The first-order chi connectivity index (χ1) is 9.36. The second kappa shape index (κ2) is 4.14. The number of alkyl halides is 1. The fourth-order valence-corrected chi connectivity index (χ4v) is 3.68. The fraction of sp³-hybridized carbons (Fsp3) is 0.562. The summed E-state index contributed by atoms with van der Waals surface area (Å²) in [5, 5.41) is 0. The zero-order valence-corrected chi connectivity index (χ0v) is 13.5. The van der Waals surface area contributed by atoms with E-state index >= 15 is 0 Å². The molecule has 0 radical (unpaired) electrons. The molecule has 0 N–H and O–H groups in total. The van der Waals surface area contributed by atoms with E-state index in [1.807, 2.05) is 12.1 Å². The summed E-state index contributed by atoms with van der Waals surface area (Å²) >= 11 is 6.13. The summed E-state index contributed by atoms with van der Waals surface area (Å²) in [6, 6.07) is 6.48. The quantitative estimate of drug-likeness (QED) is 0.785. The molecule has 0 spiro atoms. The number of imidazole rings is 1. The molecule has 1 aliphatic rings. The van der Waals surface area contributed by atoms with Gasteiger partial charge in [0.2, 0.25) is 0 Å². The Hall–Kier alpha value is -1.22. The molecule has 0 bridgehead atoms. The molecule has 108 valence electrons. The summed E-state index contributed by atoms with van der Waals surface area (Å²) < 4.78 is 7.74. The van der Waals surface area contributed by atoms with Crippen molar-refractivity contribution in [2.75, 3.05) is 7.11 Å². The SMILES string of the molecule is COc1cccc2c1nc(CCl)n2C1C(C)(C)C1(C)C. The van der Waals surface area contributed by atoms with Crippen LogP contribution < -0.4 is 4.74 Å². The van der Waals surface area contributed by atoms with Crippen molar-refractivity contribution in [3.63, 3.8) is 0 Å². The third-order valence-electron chi connectivity index (χ3n) is 5.30. The molecule has 1 aromatic heterocycles. The van der Waals surface area contributed by atoms with Gasteiger partial charge in [0.05, 0.1) is 18.5 Å². The maximum Gasteiger partial charge on any atom is 0.146 e. The number of benzene rings is 1. The number of fused-ring (bicyclic) bond motifs is 1. The van der Waals surface area contributed by atoms with Crippen molar-refractivity contribution in [3.8, 4) is 5.75 Å². The average Bonchev–Trinajstić information content (AvgIpc) is 2.73. The van der Waals surface area contributed by atoms with Crippen LogP contribution in [0, 0.1) is 10.8 Å². The van der Waals surface area contributed by atoms with Crippen molar-refractivity contribution in [2.45, 2.75) is 39.6 Å². The number of nitrogens with zero attached hydrogens (tertiary/aromatic N) is 2. The number of ether oxygens (including phenoxy) is 1. The summed E-state index contributed by atoms with van der Waals surface area (Å²) in [6.07, 6.45) is 0. The smallest absolute Gasteiger partial charge is 0.146 e. The van der Waals surface area contributed by atoms with Gasteiger partial charge in [-0.1, -0.05) is 33.8 Å². The Balaban J connectivity index is 2.26. The molecule has 2 aromatic rings. The highest BCUT2D eigenvalue weighted by atomic mass is 35.5. The van der Waals surface area contributed by atoms with Crippen molar-refractivity contribution in [1.82, 2.24) is 9.55 Å². The monoisotopic (exact) mass is 292 g/mol. The van der Waals surface area contributed by atoms with E-state index in [2.05, 4.69) is 38.3 Å². The Labute approximate surface area is 124 Å². The van der Waals surface area contributed by atoms with Crippen molar-refractivity contribution in [3.05, 3.63) is 24.0 Å². The van der Waals surface area contributed by atoms with Crippen molar-refractivity contribution >= 4 is 22.6 Å². The predicted octanol–water partition coefficient (Wildman–Crippen LogP) is 4.39. The molecular formula is C16H21ClN2O. The van der Waals surface area contributed by atoms with Gasteiger partial charge in [-0.2, -0.15) is 0 Å². The van der Waals surface area contributed by atoms with Crippen LogP contribution in [0.15, 0.2) is 18.2 Å². The first-order valence-corrected chi connectivity index (χ1v) is 7.49. The van der Waals surface area contributed by atoms with Crippen LogP contribution in [0.5, 0.6) is 5.75 Å². The maximum atomic E-state index is 6.13. The first kappa shape index (κ1) is 13.7.